The van der Waals surface area contributed by atoms with Crippen LogP contribution < -0.4 is 10.1 Å². The third-order valence-electron chi connectivity index (χ3n) is 4.18. The van der Waals surface area contributed by atoms with Gasteiger partial charge in [0, 0.05) is 22.7 Å². The molecular formula is C17H18ClN3O. The summed E-state index contributed by atoms with van der Waals surface area (Å²) in [6.45, 7) is 0.725. The van der Waals surface area contributed by atoms with E-state index in [2.05, 4.69) is 15.3 Å². The van der Waals surface area contributed by atoms with Crippen molar-refractivity contribution in [3.63, 3.8) is 0 Å². The molecule has 2 aromatic rings. The van der Waals surface area contributed by atoms with Crippen LogP contribution in [0, 0.1) is 0 Å². The maximum Gasteiger partial charge on any atom is 0.133 e. The first-order valence-electron chi connectivity index (χ1n) is 7.81. The molecule has 1 fully saturated rings. The number of aromatic nitrogens is 2. The van der Waals surface area contributed by atoms with Crippen LogP contribution in [0.2, 0.25) is 5.02 Å². The third kappa shape index (κ3) is 2.88. The minimum atomic E-state index is 0.191. The summed E-state index contributed by atoms with van der Waals surface area (Å²) in [4.78, 5) is 9.04. The number of anilines is 1. The van der Waals surface area contributed by atoms with Crippen LogP contribution in [0.3, 0.4) is 0 Å². The van der Waals surface area contributed by atoms with Crippen LogP contribution in [0.15, 0.2) is 30.5 Å². The second-order valence-electron chi connectivity index (χ2n) is 5.94. The van der Waals surface area contributed by atoms with E-state index in [4.69, 9.17) is 16.3 Å². The van der Waals surface area contributed by atoms with Gasteiger partial charge in [0.05, 0.1) is 12.6 Å². The van der Waals surface area contributed by atoms with Crippen molar-refractivity contribution < 1.29 is 4.74 Å². The summed E-state index contributed by atoms with van der Waals surface area (Å²) in [7, 11) is 0. The van der Waals surface area contributed by atoms with Crippen molar-refractivity contribution in [1.29, 1.82) is 0 Å². The fourth-order valence-electron chi connectivity index (χ4n) is 2.87. The highest BCUT2D eigenvalue weighted by atomic mass is 35.5. The van der Waals surface area contributed by atoms with Gasteiger partial charge in [-0.1, -0.05) is 17.7 Å². The smallest absolute Gasteiger partial charge is 0.133 e. The van der Waals surface area contributed by atoms with E-state index in [0.717, 1.165) is 42.4 Å². The van der Waals surface area contributed by atoms with Gasteiger partial charge in [0.2, 0.25) is 0 Å². The lowest BCUT2D eigenvalue weighted by Crippen LogP contribution is -2.12. The van der Waals surface area contributed by atoms with Gasteiger partial charge in [-0.2, -0.15) is 0 Å². The van der Waals surface area contributed by atoms with Crippen molar-refractivity contribution in [2.45, 2.75) is 37.6 Å². The molecule has 0 spiro atoms. The Kier molecular flexibility index (Phi) is 3.62. The van der Waals surface area contributed by atoms with E-state index in [1.54, 1.807) is 0 Å². The molecule has 1 aliphatic carbocycles. The van der Waals surface area contributed by atoms with Crippen molar-refractivity contribution in [2.75, 3.05) is 11.9 Å². The number of hydrogen-bond donors (Lipinski definition) is 1. The van der Waals surface area contributed by atoms with Crippen LogP contribution in [-0.4, -0.2) is 16.6 Å². The van der Waals surface area contributed by atoms with Crippen molar-refractivity contribution >= 4 is 17.4 Å². The molecular weight excluding hydrogens is 298 g/mol. The Labute approximate surface area is 134 Å². The molecule has 1 saturated carbocycles. The number of halogens is 1. The highest BCUT2D eigenvalue weighted by molar-refractivity contribution is 6.30. The first kappa shape index (κ1) is 13.8. The monoisotopic (exact) mass is 315 g/mol. The lowest BCUT2D eigenvalue weighted by molar-refractivity contribution is 0.316. The summed E-state index contributed by atoms with van der Waals surface area (Å²) < 4.78 is 5.81. The quantitative estimate of drug-likeness (QED) is 0.915. The minimum Gasteiger partial charge on any atom is -0.493 e. The predicted octanol–water partition coefficient (Wildman–Crippen LogP) is 4.33. The summed E-state index contributed by atoms with van der Waals surface area (Å²) >= 11 is 6.08. The second-order valence-corrected chi connectivity index (χ2v) is 6.38. The zero-order valence-electron chi connectivity index (χ0n) is 12.3. The van der Waals surface area contributed by atoms with E-state index in [0.29, 0.717) is 10.9 Å². The van der Waals surface area contributed by atoms with Crippen molar-refractivity contribution in [1.82, 2.24) is 9.97 Å². The summed E-state index contributed by atoms with van der Waals surface area (Å²) in [5, 5.41) is 4.25. The third-order valence-corrected chi connectivity index (χ3v) is 4.42. The molecule has 0 amide bonds. The van der Waals surface area contributed by atoms with E-state index >= 15 is 0 Å². The average Bonchev–Trinajstić information content (AvgIpc) is 3.35. The Morgan fingerprint density at radius 3 is 2.95 bits per heavy atom. The molecule has 2 aliphatic rings. The maximum absolute atomic E-state index is 6.08. The molecule has 1 aliphatic heterocycles. The normalized spacial score (nSPS) is 20.7. The molecule has 4 nitrogen and oxygen atoms in total. The van der Waals surface area contributed by atoms with Gasteiger partial charge in [-0.25, -0.2) is 9.97 Å². The number of nitrogens with zero attached hydrogens (tertiary/aromatic N) is 2. The van der Waals surface area contributed by atoms with Crippen LogP contribution in [0.5, 0.6) is 5.75 Å². The zero-order valence-corrected chi connectivity index (χ0v) is 13.0. The molecule has 114 valence electrons. The Hall–Kier alpha value is -1.81. The summed E-state index contributed by atoms with van der Waals surface area (Å²) in [6.07, 6.45) is 6.28. The zero-order chi connectivity index (χ0) is 14.9. The maximum atomic E-state index is 6.08. The van der Waals surface area contributed by atoms with Crippen molar-refractivity contribution in [3.8, 4) is 5.75 Å². The first-order valence-corrected chi connectivity index (χ1v) is 8.19. The van der Waals surface area contributed by atoms with Crippen LogP contribution in [-0.2, 0) is 0 Å². The highest BCUT2D eigenvalue weighted by Crippen LogP contribution is 2.39. The van der Waals surface area contributed by atoms with Crippen molar-refractivity contribution in [2.24, 2.45) is 0 Å². The van der Waals surface area contributed by atoms with Crippen LogP contribution in [0.1, 0.15) is 49.0 Å². The Morgan fingerprint density at radius 2 is 2.09 bits per heavy atom. The van der Waals surface area contributed by atoms with Gasteiger partial charge in [0.1, 0.15) is 17.4 Å². The molecule has 0 radical (unpaired) electrons. The fourth-order valence-corrected chi connectivity index (χ4v) is 3.03. The number of ether oxygens (including phenoxy) is 1. The lowest BCUT2D eigenvalue weighted by atomic mass is 10.0. The predicted molar refractivity (Wildman–Crippen MR) is 86.6 cm³/mol. The van der Waals surface area contributed by atoms with Gasteiger partial charge in [0.25, 0.3) is 0 Å². The number of benzene rings is 1. The molecule has 0 bridgehead atoms. The van der Waals surface area contributed by atoms with E-state index < -0.39 is 0 Å². The molecule has 1 N–H and O–H groups in total. The summed E-state index contributed by atoms with van der Waals surface area (Å²) in [5.41, 5.74) is 1.15. The summed E-state index contributed by atoms with van der Waals surface area (Å²) in [6, 6.07) is 7.99. The molecule has 22 heavy (non-hydrogen) atoms. The second kappa shape index (κ2) is 5.76. The minimum absolute atomic E-state index is 0.191. The van der Waals surface area contributed by atoms with E-state index in [-0.39, 0.29) is 6.04 Å². The molecule has 1 aromatic heterocycles. The number of hydrogen-bond acceptors (Lipinski definition) is 4. The Balaban J connectivity index is 1.61. The van der Waals surface area contributed by atoms with Gasteiger partial charge < -0.3 is 10.1 Å². The molecule has 2 heterocycles. The van der Waals surface area contributed by atoms with Gasteiger partial charge in [-0.05, 0) is 43.9 Å². The van der Waals surface area contributed by atoms with E-state index in [9.17, 15) is 0 Å². The van der Waals surface area contributed by atoms with Gasteiger partial charge >= 0.3 is 0 Å². The first-order chi connectivity index (χ1) is 10.8. The van der Waals surface area contributed by atoms with Gasteiger partial charge in [0.15, 0.2) is 0 Å². The Bertz CT molecular complexity index is 687. The topological polar surface area (TPSA) is 47.0 Å². The summed E-state index contributed by atoms with van der Waals surface area (Å²) in [5.74, 6) is 3.29. The Morgan fingerprint density at radius 1 is 1.18 bits per heavy atom. The molecule has 5 heteroatoms. The number of fused-ring (bicyclic) bond motifs is 1. The molecule has 0 saturated heterocycles. The lowest BCUT2D eigenvalue weighted by Gasteiger charge is -2.19. The average molecular weight is 316 g/mol. The molecule has 1 aromatic carbocycles. The molecule has 4 rings (SSSR count). The standard InChI is InChI=1S/C17H18ClN3O/c18-12-5-6-13-14(2-1-9-22-15(13)10-12)20-16-7-8-19-17(21-16)11-3-4-11/h5-8,10-11,14H,1-4,9H2,(H,19,20,21). The van der Waals surface area contributed by atoms with E-state index in [1.165, 1.54) is 12.8 Å². The van der Waals surface area contributed by atoms with Gasteiger partial charge in [-0.3, -0.25) is 0 Å². The van der Waals surface area contributed by atoms with Crippen LogP contribution >= 0.6 is 11.6 Å². The number of nitrogens with one attached hydrogen (secondary N) is 1. The number of rotatable bonds is 3. The van der Waals surface area contributed by atoms with Crippen LogP contribution in [0.4, 0.5) is 5.82 Å². The largest absolute Gasteiger partial charge is 0.493 e. The van der Waals surface area contributed by atoms with Crippen LogP contribution in [0.25, 0.3) is 0 Å². The van der Waals surface area contributed by atoms with E-state index in [1.807, 2.05) is 30.5 Å². The molecule has 1 unspecified atom stereocenters. The van der Waals surface area contributed by atoms with Crippen molar-refractivity contribution in [3.05, 3.63) is 46.9 Å². The van der Waals surface area contributed by atoms with Gasteiger partial charge in [-0.15, -0.1) is 0 Å². The fraction of sp³-hybridized carbons (Fsp3) is 0.412. The highest BCUT2D eigenvalue weighted by Gasteiger charge is 2.27. The molecule has 1 atom stereocenters. The SMILES string of the molecule is Clc1ccc2c(c1)OCCCC2Nc1ccnc(C2CC2)n1.